The summed E-state index contributed by atoms with van der Waals surface area (Å²) < 4.78 is 0. The molecule has 0 aromatic rings. The first-order chi connectivity index (χ1) is 6.84. The zero-order valence-electron chi connectivity index (χ0n) is 8.95. The van der Waals surface area contributed by atoms with Crippen molar-refractivity contribution in [2.75, 3.05) is 5.75 Å². The summed E-state index contributed by atoms with van der Waals surface area (Å²) in [5, 5.41) is 0. The van der Waals surface area contributed by atoms with Gasteiger partial charge in [0.1, 0.15) is 0 Å². The van der Waals surface area contributed by atoms with Crippen LogP contribution >= 0.6 is 21.6 Å². The second-order valence-electron chi connectivity index (χ2n) is 3.38. The summed E-state index contributed by atoms with van der Waals surface area (Å²) in [6.45, 7) is 4.48. The highest BCUT2D eigenvalue weighted by Crippen LogP contribution is 2.35. The van der Waals surface area contributed by atoms with E-state index in [9.17, 15) is 0 Å². The monoisotopic (exact) mass is 226 g/mol. The van der Waals surface area contributed by atoms with Crippen molar-refractivity contribution < 1.29 is 0 Å². The van der Waals surface area contributed by atoms with Gasteiger partial charge >= 0.3 is 0 Å². The topological polar surface area (TPSA) is 0 Å². The van der Waals surface area contributed by atoms with E-state index in [2.05, 4.69) is 38.2 Å². The lowest BCUT2D eigenvalue weighted by atomic mass is 10.1. The summed E-state index contributed by atoms with van der Waals surface area (Å²) in [5.74, 6) is 1.24. The fourth-order valence-corrected chi connectivity index (χ4v) is 3.65. The van der Waals surface area contributed by atoms with E-state index >= 15 is 0 Å². The Morgan fingerprint density at radius 3 is 3.00 bits per heavy atom. The predicted octanol–water partition coefficient (Wildman–Crippen LogP) is 4.96. The summed E-state index contributed by atoms with van der Waals surface area (Å²) in [6.07, 6.45) is 12.4. The molecule has 0 unspecified atom stereocenters. The Bertz CT molecular complexity index is 249. The highest BCUT2D eigenvalue weighted by molar-refractivity contribution is 8.78. The van der Waals surface area contributed by atoms with Crippen molar-refractivity contribution in [1.82, 2.24) is 0 Å². The summed E-state index contributed by atoms with van der Waals surface area (Å²) in [5.41, 5.74) is 1.53. The van der Waals surface area contributed by atoms with Crippen molar-refractivity contribution in [3.05, 3.63) is 34.8 Å². The van der Waals surface area contributed by atoms with Gasteiger partial charge in [0.05, 0.1) is 0 Å². The fourth-order valence-electron chi connectivity index (χ4n) is 1.17. The molecule has 0 amide bonds. The molecule has 0 N–H and O–H groups in total. The second-order valence-corrected chi connectivity index (χ2v) is 5.83. The molecular weight excluding hydrogens is 208 g/mol. The molecule has 0 atom stereocenters. The van der Waals surface area contributed by atoms with Crippen LogP contribution in [0.2, 0.25) is 0 Å². The SMILES string of the molecule is CCCSSC1=C(C)CCC=CC=C1. The van der Waals surface area contributed by atoms with Gasteiger partial charge in [0, 0.05) is 10.7 Å². The fraction of sp³-hybridized carbons (Fsp3) is 0.500. The number of hydrogen-bond donors (Lipinski definition) is 0. The number of rotatable bonds is 4. The lowest BCUT2D eigenvalue weighted by Gasteiger charge is -2.08. The minimum Gasteiger partial charge on any atom is -0.0890 e. The van der Waals surface area contributed by atoms with E-state index in [4.69, 9.17) is 0 Å². The van der Waals surface area contributed by atoms with E-state index < -0.39 is 0 Å². The highest BCUT2D eigenvalue weighted by Gasteiger charge is 2.01. The lowest BCUT2D eigenvalue weighted by molar-refractivity contribution is 0.973. The Balaban J connectivity index is 2.52. The van der Waals surface area contributed by atoms with E-state index in [1.165, 1.54) is 35.5 Å². The maximum atomic E-state index is 2.25. The van der Waals surface area contributed by atoms with Crippen molar-refractivity contribution in [1.29, 1.82) is 0 Å². The first-order valence-electron chi connectivity index (χ1n) is 5.17. The molecule has 0 aromatic heterocycles. The summed E-state index contributed by atoms with van der Waals surface area (Å²) >= 11 is 0. The van der Waals surface area contributed by atoms with Crippen molar-refractivity contribution in [2.45, 2.75) is 33.1 Å². The van der Waals surface area contributed by atoms with Crippen molar-refractivity contribution in [3.63, 3.8) is 0 Å². The van der Waals surface area contributed by atoms with Crippen LogP contribution in [-0.4, -0.2) is 5.75 Å². The van der Waals surface area contributed by atoms with Crippen molar-refractivity contribution in [2.24, 2.45) is 0 Å². The summed E-state index contributed by atoms with van der Waals surface area (Å²) in [7, 11) is 3.89. The van der Waals surface area contributed by atoms with Gasteiger partial charge in [-0.25, -0.2) is 0 Å². The Labute approximate surface area is 95.3 Å². The maximum Gasteiger partial charge on any atom is 0.0172 e. The third kappa shape index (κ3) is 4.43. The maximum absolute atomic E-state index is 2.25. The molecule has 0 heterocycles. The quantitative estimate of drug-likeness (QED) is 0.491. The van der Waals surface area contributed by atoms with Gasteiger partial charge in [-0.05, 0) is 32.3 Å². The van der Waals surface area contributed by atoms with Gasteiger partial charge in [-0.3, -0.25) is 0 Å². The summed E-state index contributed by atoms with van der Waals surface area (Å²) in [4.78, 5) is 1.45. The Hall–Kier alpha value is -0.0800. The van der Waals surface area contributed by atoms with Gasteiger partial charge in [0.2, 0.25) is 0 Å². The highest BCUT2D eigenvalue weighted by atomic mass is 33.1. The molecule has 0 nitrogen and oxygen atoms in total. The van der Waals surface area contributed by atoms with Crippen LogP contribution in [0.15, 0.2) is 34.8 Å². The Kier molecular flexibility index (Phi) is 6.20. The first kappa shape index (κ1) is 12.0. The third-order valence-electron chi connectivity index (χ3n) is 2.04. The van der Waals surface area contributed by atoms with Gasteiger partial charge in [-0.1, -0.05) is 52.3 Å². The number of hydrogen-bond acceptors (Lipinski definition) is 2. The second kappa shape index (κ2) is 7.24. The minimum atomic E-state index is 1.18. The van der Waals surface area contributed by atoms with E-state index in [1.807, 2.05) is 21.6 Å². The molecule has 0 saturated carbocycles. The average molecular weight is 226 g/mol. The van der Waals surface area contributed by atoms with Crippen LogP contribution in [0.4, 0.5) is 0 Å². The van der Waals surface area contributed by atoms with E-state index in [0.717, 1.165) is 0 Å². The Morgan fingerprint density at radius 2 is 2.21 bits per heavy atom. The zero-order chi connectivity index (χ0) is 10.2. The van der Waals surface area contributed by atoms with E-state index in [0.29, 0.717) is 0 Å². The standard InChI is InChI=1S/C12H18S2/c1-3-10-13-14-12-9-7-5-4-6-8-11(12)2/h4-5,7,9H,3,6,8,10H2,1-2H3. The van der Waals surface area contributed by atoms with Gasteiger partial charge in [-0.15, -0.1) is 0 Å². The first-order valence-corrected chi connectivity index (χ1v) is 7.49. The van der Waals surface area contributed by atoms with Crippen LogP contribution in [0, 0.1) is 0 Å². The molecule has 1 aliphatic carbocycles. The third-order valence-corrected chi connectivity index (χ3v) is 4.79. The molecule has 0 radical (unpaired) electrons. The lowest BCUT2D eigenvalue weighted by Crippen LogP contribution is -1.83. The van der Waals surface area contributed by atoms with Crippen LogP contribution in [0.1, 0.15) is 33.1 Å². The molecule has 0 spiro atoms. The smallest absolute Gasteiger partial charge is 0.0172 e. The molecule has 1 aliphatic rings. The molecule has 0 aliphatic heterocycles. The van der Waals surface area contributed by atoms with Crippen LogP contribution < -0.4 is 0 Å². The number of allylic oxidation sites excluding steroid dienone is 5. The molecule has 0 saturated heterocycles. The van der Waals surface area contributed by atoms with Crippen LogP contribution in [0.3, 0.4) is 0 Å². The average Bonchev–Trinajstić information content (AvgIpc) is 2.17. The summed E-state index contributed by atoms with van der Waals surface area (Å²) in [6, 6.07) is 0. The van der Waals surface area contributed by atoms with E-state index in [-0.39, 0.29) is 0 Å². The predicted molar refractivity (Wildman–Crippen MR) is 70.6 cm³/mol. The van der Waals surface area contributed by atoms with Crippen molar-refractivity contribution >= 4 is 21.6 Å². The molecule has 0 bridgehead atoms. The Morgan fingerprint density at radius 1 is 1.36 bits per heavy atom. The molecule has 78 valence electrons. The van der Waals surface area contributed by atoms with Crippen molar-refractivity contribution in [3.8, 4) is 0 Å². The molecule has 1 rings (SSSR count). The zero-order valence-corrected chi connectivity index (χ0v) is 10.6. The van der Waals surface area contributed by atoms with Crippen LogP contribution in [0.5, 0.6) is 0 Å². The molecule has 2 heteroatoms. The van der Waals surface area contributed by atoms with Crippen LogP contribution in [-0.2, 0) is 0 Å². The largest absolute Gasteiger partial charge is 0.0890 e. The molecular formula is C12H18S2. The molecule has 14 heavy (non-hydrogen) atoms. The van der Waals surface area contributed by atoms with Gasteiger partial charge in [0.25, 0.3) is 0 Å². The van der Waals surface area contributed by atoms with Gasteiger partial charge in [0.15, 0.2) is 0 Å². The molecule has 0 aromatic carbocycles. The molecule has 0 fully saturated rings. The van der Waals surface area contributed by atoms with Gasteiger partial charge in [-0.2, -0.15) is 0 Å². The van der Waals surface area contributed by atoms with Gasteiger partial charge < -0.3 is 0 Å². The van der Waals surface area contributed by atoms with E-state index in [1.54, 1.807) is 0 Å². The van der Waals surface area contributed by atoms with Crippen LogP contribution in [0.25, 0.3) is 0 Å². The minimum absolute atomic E-state index is 1.18. The normalized spacial score (nSPS) is 17.0.